The molecule has 7 nitrogen and oxygen atoms in total. The summed E-state index contributed by atoms with van der Waals surface area (Å²) in [4.78, 5) is 16.4. The van der Waals surface area contributed by atoms with Gasteiger partial charge in [-0.1, -0.05) is 24.3 Å². The lowest BCUT2D eigenvalue weighted by Crippen LogP contribution is -2.36. The van der Waals surface area contributed by atoms with Crippen molar-refractivity contribution >= 4 is 41.5 Å². The molecule has 8 heteroatoms. The highest BCUT2D eigenvalue weighted by molar-refractivity contribution is 14.0. The Bertz CT molecular complexity index is 974. The third-order valence-electron chi connectivity index (χ3n) is 4.21. The Balaban J connectivity index is 0.00000320. The number of guanidine groups is 1. The number of methoxy groups -OCH3 is 1. The molecule has 0 bridgehead atoms. The molecular formula is C22H25IN4O3. The van der Waals surface area contributed by atoms with Crippen molar-refractivity contribution in [2.45, 2.75) is 13.1 Å². The first kappa shape index (κ1) is 23.3. The summed E-state index contributed by atoms with van der Waals surface area (Å²) in [5, 5.41) is 9.37. The molecule has 1 aromatic heterocycles. The number of aliphatic imine (C=N–C) groups is 1. The molecule has 0 atom stereocenters. The number of nitrogens with zero attached hydrogens (tertiary/aromatic N) is 1. The van der Waals surface area contributed by atoms with E-state index in [-0.39, 0.29) is 35.6 Å². The minimum atomic E-state index is -0.282. The number of furan rings is 1. The molecule has 0 aliphatic rings. The molecule has 3 aromatic rings. The van der Waals surface area contributed by atoms with Crippen LogP contribution in [0, 0.1) is 0 Å². The number of nitrogens with one attached hydrogen (secondary N) is 3. The van der Waals surface area contributed by atoms with Crippen molar-refractivity contribution in [3.8, 4) is 5.75 Å². The first-order chi connectivity index (χ1) is 14.2. The van der Waals surface area contributed by atoms with Gasteiger partial charge in [0, 0.05) is 25.8 Å². The highest BCUT2D eigenvalue weighted by Crippen LogP contribution is 2.13. The molecule has 30 heavy (non-hydrogen) atoms. The van der Waals surface area contributed by atoms with Gasteiger partial charge in [-0.3, -0.25) is 9.79 Å². The zero-order valence-corrected chi connectivity index (χ0v) is 19.2. The quantitative estimate of drug-likeness (QED) is 0.249. The summed E-state index contributed by atoms with van der Waals surface area (Å²) in [6, 6.07) is 18.8. The molecule has 0 unspecified atom stereocenters. The van der Waals surface area contributed by atoms with Crippen molar-refractivity contribution in [2.24, 2.45) is 4.99 Å². The van der Waals surface area contributed by atoms with E-state index < -0.39 is 0 Å². The van der Waals surface area contributed by atoms with Gasteiger partial charge in [-0.25, -0.2) is 0 Å². The zero-order chi connectivity index (χ0) is 20.5. The topological polar surface area (TPSA) is 87.9 Å². The maximum absolute atomic E-state index is 12.1. The molecule has 0 aliphatic heterocycles. The van der Waals surface area contributed by atoms with Gasteiger partial charge in [-0.2, -0.15) is 0 Å². The highest BCUT2D eigenvalue weighted by Gasteiger charge is 2.09. The number of anilines is 1. The van der Waals surface area contributed by atoms with Gasteiger partial charge in [-0.05, 0) is 47.5 Å². The van der Waals surface area contributed by atoms with E-state index >= 15 is 0 Å². The molecule has 0 saturated heterocycles. The molecule has 0 aliphatic carbocycles. The van der Waals surface area contributed by atoms with Gasteiger partial charge in [0.2, 0.25) is 0 Å². The lowest BCUT2D eigenvalue weighted by atomic mass is 10.2. The van der Waals surface area contributed by atoms with E-state index in [0.717, 1.165) is 16.9 Å². The average Bonchev–Trinajstić information content (AvgIpc) is 3.29. The van der Waals surface area contributed by atoms with Crippen LogP contribution in [0.25, 0.3) is 0 Å². The first-order valence-electron chi connectivity index (χ1n) is 9.19. The zero-order valence-electron chi connectivity index (χ0n) is 16.8. The van der Waals surface area contributed by atoms with Gasteiger partial charge in [0.25, 0.3) is 5.91 Å². The normalized spacial score (nSPS) is 10.7. The summed E-state index contributed by atoms with van der Waals surface area (Å²) in [6.07, 6.45) is 1.47. The monoisotopic (exact) mass is 520 g/mol. The number of carbonyl (C=O) groups excluding carboxylic acids is 1. The minimum absolute atomic E-state index is 0. The molecule has 2 aromatic carbocycles. The van der Waals surface area contributed by atoms with Crippen molar-refractivity contribution in [2.75, 3.05) is 19.5 Å². The Kier molecular flexibility index (Phi) is 9.20. The number of rotatable bonds is 7. The Labute approximate surface area is 192 Å². The van der Waals surface area contributed by atoms with Crippen LogP contribution in [0.3, 0.4) is 0 Å². The fraction of sp³-hybridized carbons (Fsp3) is 0.182. The molecule has 0 fully saturated rings. The molecular weight excluding hydrogens is 495 g/mol. The van der Waals surface area contributed by atoms with Gasteiger partial charge < -0.3 is 25.1 Å². The molecule has 158 valence electrons. The number of hydrogen-bond acceptors (Lipinski definition) is 4. The van der Waals surface area contributed by atoms with E-state index in [1.54, 1.807) is 26.3 Å². The van der Waals surface area contributed by atoms with E-state index in [2.05, 4.69) is 20.9 Å². The van der Waals surface area contributed by atoms with Crippen LogP contribution < -0.4 is 20.7 Å². The fourth-order valence-electron chi connectivity index (χ4n) is 2.73. The standard InChI is InChI=1S/C22H24N4O3.HI/c1-23-22(25-15-17-7-4-9-19(13-17)28-2)24-14-16-6-3-8-18(12-16)26-21(27)20-10-5-11-29-20;/h3-13H,14-15H2,1-2H3,(H,26,27)(H2,23,24,25);1H. The van der Waals surface area contributed by atoms with E-state index in [1.807, 2.05) is 48.5 Å². The largest absolute Gasteiger partial charge is 0.497 e. The van der Waals surface area contributed by atoms with E-state index in [9.17, 15) is 4.79 Å². The van der Waals surface area contributed by atoms with Crippen molar-refractivity contribution in [1.29, 1.82) is 0 Å². The van der Waals surface area contributed by atoms with Crippen LogP contribution in [0.4, 0.5) is 5.69 Å². The third-order valence-corrected chi connectivity index (χ3v) is 4.21. The van der Waals surface area contributed by atoms with E-state index in [0.29, 0.717) is 24.7 Å². The SMILES string of the molecule is CN=C(NCc1cccc(NC(=O)c2ccco2)c1)NCc1cccc(OC)c1.I. The second kappa shape index (κ2) is 11.9. The van der Waals surface area contributed by atoms with Crippen LogP contribution in [0.1, 0.15) is 21.7 Å². The number of amides is 1. The van der Waals surface area contributed by atoms with Crippen molar-refractivity contribution in [3.63, 3.8) is 0 Å². The molecule has 1 amide bonds. The van der Waals surface area contributed by atoms with Gasteiger partial charge in [0.1, 0.15) is 5.75 Å². The third kappa shape index (κ3) is 6.80. The van der Waals surface area contributed by atoms with Crippen LogP contribution in [0.5, 0.6) is 5.75 Å². The maximum Gasteiger partial charge on any atom is 0.291 e. The number of hydrogen-bond donors (Lipinski definition) is 3. The minimum Gasteiger partial charge on any atom is -0.497 e. The summed E-state index contributed by atoms with van der Waals surface area (Å²) in [5.74, 6) is 1.49. The lowest BCUT2D eigenvalue weighted by molar-refractivity contribution is 0.0996. The Morgan fingerprint density at radius 1 is 1.00 bits per heavy atom. The number of halogens is 1. The second-order valence-corrected chi connectivity index (χ2v) is 6.26. The summed E-state index contributed by atoms with van der Waals surface area (Å²) < 4.78 is 10.4. The fourth-order valence-corrected chi connectivity index (χ4v) is 2.73. The smallest absolute Gasteiger partial charge is 0.291 e. The summed E-state index contributed by atoms with van der Waals surface area (Å²) in [7, 11) is 3.37. The summed E-state index contributed by atoms with van der Waals surface area (Å²) in [5.41, 5.74) is 2.80. The maximum atomic E-state index is 12.1. The number of ether oxygens (including phenoxy) is 1. The second-order valence-electron chi connectivity index (χ2n) is 6.26. The van der Waals surface area contributed by atoms with Crippen molar-refractivity contribution < 1.29 is 13.9 Å². The number of carbonyl (C=O) groups is 1. The highest BCUT2D eigenvalue weighted by atomic mass is 127. The molecule has 1 heterocycles. The van der Waals surface area contributed by atoms with Gasteiger partial charge in [0.15, 0.2) is 11.7 Å². The van der Waals surface area contributed by atoms with Gasteiger partial charge in [0.05, 0.1) is 13.4 Å². The summed E-state index contributed by atoms with van der Waals surface area (Å²) >= 11 is 0. The van der Waals surface area contributed by atoms with Gasteiger partial charge >= 0.3 is 0 Å². The van der Waals surface area contributed by atoms with E-state index in [4.69, 9.17) is 9.15 Å². The first-order valence-corrected chi connectivity index (χ1v) is 9.19. The predicted molar refractivity (Wildman–Crippen MR) is 129 cm³/mol. The van der Waals surface area contributed by atoms with Gasteiger partial charge in [-0.15, -0.1) is 24.0 Å². The Morgan fingerprint density at radius 2 is 1.70 bits per heavy atom. The number of benzene rings is 2. The predicted octanol–water partition coefficient (Wildman–Crippen LogP) is 4.02. The Morgan fingerprint density at radius 3 is 2.33 bits per heavy atom. The molecule has 0 spiro atoms. The Hall–Kier alpha value is -3.01. The van der Waals surface area contributed by atoms with Crippen LogP contribution >= 0.6 is 24.0 Å². The van der Waals surface area contributed by atoms with Crippen LogP contribution in [0.15, 0.2) is 76.3 Å². The van der Waals surface area contributed by atoms with Crippen LogP contribution in [0.2, 0.25) is 0 Å². The summed E-state index contributed by atoms with van der Waals surface area (Å²) in [6.45, 7) is 1.18. The van der Waals surface area contributed by atoms with Crippen molar-refractivity contribution in [1.82, 2.24) is 10.6 Å². The van der Waals surface area contributed by atoms with Crippen LogP contribution in [-0.2, 0) is 13.1 Å². The molecule has 3 N–H and O–H groups in total. The van der Waals surface area contributed by atoms with E-state index in [1.165, 1.54) is 6.26 Å². The average molecular weight is 520 g/mol. The van der Waals surface area contributed by atoms with Crippen molar-refractivity contribution in [3.05, 3.63) is 83.8 Å². The lowest BCUT2D eigenvalue weighted by Gasteiger charge is -2.13. The molecule has 0 saturated carbocycles. The molecule has 3 rings (SSSR count). The molecule has 0 radical (unpaired) electrons. The van der Waals surface area contributed by atoms with Crippen LogP contribution in [-0.4, -0.2) is 26.0 Å².